The Hall–Kier alpha value is -0.380. The zero-order valence-electron chi connectivity index (χ0n) is 6.38. The molecule has 0 aliphatic heterocycles. The lowest BCUT2D eigenvalue weighted by Crippen LogP contribution is -1.99. The summed E-state index contributed by atoms with van der Waals surface area (Å²) in [6.07, 6.45) is -1.90. The number of hydrogen-bond donors (Lipinski definition) is 0. The molecule has 0 radical (unpaired) electrons. The molecule has 0 N–H and O–H groups in total. The number of halogens is 4. The summed E-state index contributed by atoms with van der Waals surface area (Å²) in [5, 5.41) is 10.4. The van der Waals surface area contributed by atoms with E-state index in [1.165, 1.54) is 0 Å². The molecule has 0 spiro atoms. The van der Waals surface area contributed by atoms with Crippen molar-refractivity contribution in [3.63, 3.8) is 0 Å². The number of nitro groups is 1. The van der Waals surface area contributed by atoms with Crippen molar-refractivity contribution in [2.45, 2.75) is 6.43 Å². The Labute approximate surface area is 99.1 Å². The first kappa shape index (κ1) is 11.7. The van der Waals surface area contributed by atoms with Gasteiger partial charge < -0.3 is 10.1 Å². The van der Waals surface area contributed by atoms with Crippen molar-refractivity contribution in [2.24, 2.45) is 0 Å². The maximum atomic E-state index is 12.3. The normalized spacial score (nSPS) is 10.6. The van der Waals surface area contributed by atoms with Crippen molar-refractivity contribution >= 4 is 44.3 Å². The van der Waals surface area contributed by atoms with Crippen LogP contribution < -0.4 is 0 Å². The fraction of sp³-hybridized carbons (Fsp3) is 0.167. The monoisotopic (exact) mass is 378 g/mol. The van der Waals surface area contributed by atoms with Gasteiger partial charge in [0.25, 0.3) is 6.43 Å². The van der Waals surface area contributed by atoms with E-state index in [-0.39, 0.29) is 13.6 Å². The summed E-state index contributed by atoms with van der Waals surface area (Å²) in [4.78, 5) is 13.0. The fourth-order valence-corrected chi connectivity index (χ4v) is 1.85. The van der Waals surface area contributed by atoms with Crippen LogP contribution in [0.4, 0.5) is 14.6 Å². The number of aromatic nitrogens is 1. The Morgan fingerprint density at radius 3 is 2.64 bits per heavy atom. The first-order valence-electron chi connectivity index (χ1n) is 3.21. The Morgan fingerprint density at radius 1 is 1.64 bits per heavy atom. The van der Waals surface area contributed by atoms with Crippen LogP contribution in [0.5, 0.6) is 0 Å². The van der Waals surface area contributed by atoms with E-state index in [1.807, 2.05) is 0 Å². The van der Waals surface area contributed by atoms with E-state index in [0.717, 1.165) is 6.20 Å². The van der Waals surface area contributed by atoms with Crippen molar-refractivity contribution in [3.05, 3.63) is 29.9 Å². The van der Waals surface area contributed by atoms with Crippen molar-refractivity contribution in [1.29, 1.82) is 0 Å². The quantitative estimate of drug-likeness (QED) is 0.450. The number of rotatable bonds is 2. The lowest BCUT2D eigenvalue weighted by Gasteiger charge is -2.02. The summed E-state index contributed by atoms with van der Waals surface area (Å²) < 4.78 is 24.7. The van der Waals surface area contributed by atoms with E-state index < -0.39 is 17.2 Å². The number of alkyl halides is 2. The third-order valence-corrected chi connectivity index (χ3v) is 3.99. The molecule has 4 nitrogen and oxygen atoms in total. The highest BCUT2D eigenvalue weighted by atomic mass is 127. The first-order valence-corrected chi connectivity index (χ1v) is 5.08. The summed E-state index contributed by atoms with van der Waals surface area (Å²) in [6, 6.07) is 0. The molecule has 0 atom stereocenters. The predicted molar refractivity (Wildman–Crippen MR) is 56.3 cm³/mol. The molecular formula is C6H2BrF2IN2O2. The van der Waals surface area contributed by atoms with E-state index >= 15 is 0 Å². The molecule has 8 heteroatoms. The van der Waals surface area contributed by atoms with Crippen molar-refractivity contribution < 1.29 is 13.7 Å². The average Bonchev–Trinajstić information content (AvgIpc) is 2.08. The summed E-state index contributed by atoms with van der Waals surface area (Å²) in [7, 11) is 0. The highest BCUT2D eigenvalue weighted by molar-refractivity contribution is 14.1. The summed E-state index contributed by atoms with van der Waals surface area (Å²) in [5.74, 6) is -0.429. The van der Waals surface area contributed by atoms with E-state index in [0.29, 0.717) is 0 Å². The summed E-state index contributed by atoms with van der Waals surface area (Å²) >= 11 is 4.46. The smallest absolute Gasteiger partial charge is 0.358 e. The van der Waals surface area contributed by atoms with E-state index in [1.54, 1.807) is 22.6 Å². The minimum absolute atomic E-state index is 0.0230. The van der Waals surface area contributed by atoms with Crippen LogP contribution in [0.1, 0.15) is 12.0 Å². The fourth-order valence-electron chi connectivity index (χ4n) is 0.748. The molecule has 1 aromatic rings. The molecule has 76 valence electrons. The molecule has 0 amide bonds. The Morgan fingerprint density at radius 2 is 2.21 bits per heavy atom. The number of pyridine rings is 1. The molecule has 1 rings (SSSR count). The van der Waals surface area contributed by atoms with Gasteiger partial charge in [0.2, 0.25) is 0 Å². The third-order valence-electron chi connectivity index (χ3n) is 1.38. The molecule has 1 aromatic heterocycles. The van der Waals surface area contributed by atoms with Gasteiger partial charge in [-0.2, -0.15) is 0 Å². The topological polar surface area (TPSA) is 56.0 Å². The zero-order valence-corrected chi connectivity index (χ0v) is 10.1. The number of nitrogens with zero attached hydrogens (tertiary/aromatic N) is 2. The van der Waals surface area contributed by atoms with E-state index in [9.17, 15) is 18.9 Å². The Bertz CT molecular complexity index is 388. The van der Waals surface area contributed by atoms with Gasteiger partial charge in [0, 0.05) is 0 Å². The molecule has 0 saturated heterocycles. The van der Waals surface area contributed by atoms with Crippen LogP contribution in [0.25, 0.3) is 0 Å². The molecule has 0 bridgehead atoms. The summed E-state index contributed by atoms with van der Waals surface area (Å²) in [5.41, 5.74) is -0.347. The predicted octanol–water partition coefficient (Wildman–Crippen LogP) is 3.29. The molecule has 0 aromatic carbocycles. The molecule has 0 fully saturated rings. The lowest BCUT2D eigenvalue weighted by molar-refractivity contribution is -0.390. The molecule has 0 aliphatic carbocycles. The molecule has 14 heavy (non-hydrogen) atoms. The van der Waals surface area contributed by atoms with Gasteiger partial charge in [-0.25, -0.2) is 8.78 Å². The van der Waals surface area contributed by atoms with Crippen molar-refractivity contribution in [2.75, 3.05) is 0 Å². The second kappa shape index (κ2) is 4.43. The largest absolute Gasteiger partial charge is 0.378 e. The zero-order chi connectivity index (χ0) is 10.9. The van der Waals surface area contributed by atoms with Crippen LogP contribution in [0.2, 0.25) is 0 Å². The Kier molecular flexibility index (Phi) is 3.70. The van der Waals surface area contributed by atoms with Gasteiger partial charge in [-0.1, -0.05) is 0 Å². The SMILES string of the molecule is O=[N+]([O-])c1ncc(C(F)F)c(Br)c1I. The molecule has 0 unspecified atom stereocenters. The van der Waals surface area contributed by atoms with Crippen LogP contribution in [0.15, 0.2) is 10.7 Å². The second-order valence-electron chi connectivity index (χ2n) is 2.22. The van der Waals surface area contributed by atoms with Crippen molar-refractivity contribution in [1.82, 2.24) is 4.98 Å². The van der Waals surface area contributed by atoms with Gasteiger partial charge in [0.05, 0.1) is 10.0 Å². The van der Waals surface area contributed by atoms with Gasteiger partial charge in [-0.3, -0.25) is 0 Å². The maximum Gasteiger partial charge on any atom is 0.378 e. The first-order chi connectivity index (χ1) is 6.45. The van der Waals surface area contributed by atoms with Crippen molar-refractivity contribution in [3.8, 4) is 0 Å². The number of hydrogen-bond acceptors (Lipinski definition) is 3. The van der Waals surface area contributed by atoms with Crippen LogP contribution >= 0.6 is 38.5 Å². The highest BCUT2D eigenvalue weighted by Crippen LogP contribution is 2.34. The van der Waals surface area contributed by atoms with Gasteiger partial charge >= 0.3 is 5.82 Å². The molecule has 0 aliphatic rings. The molecule has 0 saturated carbocycles. The van der Waals surface area contributed by atoms with Crippen LogP contribution in [-0.2, 0) is 0 Å². The maximum absolute atomic E-state index is 12.3. The molecular weight excluding hydrogens is 377 g/mol. The molecule has 1 heterocycles. The van der Waals surface area contributed by atoms with E-state index in [4.69, 9.17) is 0 Å². The Balaban J connectivity index is 3.33. The minimum atomic E-state index is -2.70. The third kappa shape index (κ3) is 2.16. The standard InChI is InChI=1S/C6H2BrF2IN2O2/c7-3-2(5(8)9)1-11-6(4(3)10)12(13)14/h1,5H. The highest BCUT2D eigenvalue weighted by Gasteiger charge is 2.23. The van der Waals surface area contributed by atoms with Gasteiger partial charge in [-0.05, 0) is 48.4 Å². The van der Waals surface area contributed by atoms with Gasteiger partial charge in [-0.15, -0.1) is 0 Å². The van der Waals surface area contributed by atoms with Crippen LogP contribution in [0.3, 0.4) is 0 Å². The van der Waals surface area contributed by atoms with Crippen LogP contribution in [0, 0.1) is 13.7 Å². The minimum Gasteiger partial charge on any atom is -0.358 e. The average molecular weight is 379 g/mol. The van der Waals surface area contributed by atoms with Gasteiger partial charge in [0.15, 0.2) is 6.20 Å². The van der Waals surface area contributed by atoms with Gasteiger partial charge in [0.1, 0.15) is 3.57 Å². The summed E-state index contributed by atoms with van der Waals surface area (Å²) in [6.45, 7) is 0. The lowest BCUT2D eigenvalue weighted by atomic mass is 10.3. The second-order valence-corrected chi connectivity index (χ2v) is 4.09. The van der Waals surface area contributed by atoms with Crippen LogP contribution in [-0.4, -0.2) is 9.91 Å². The van der Waals surface area contributed by atoms with E-state index in [2.05, 4.69) is 20.9 Å².